The zero-order valence-electron chi connectivity index (χ0n) is 13.1. The second kappa shape index (κ2) is 6.48. The van der Waals surface area contributed by atoms with Crippen molar-refractivity contribution in [3.05, 3.63) is 59.0 Å². The van der Waals surface area contributed by atoms with Crippen LogP contribution >= 0.6 is 0 Å². The topological polar surface area (TPSA) is 25.2 Å². The van der Waals surface area contributed by atoms with E-state index in [-0.39, 0.29) is 0 Å². The number of rotatable bonds is 5. The lowest BCUT2D eigenvalue weighted by atomic mass is 9.79. The van der Waals surface area contributed by atoms with Gasteiger partial charge in [-0.05, 0) is 61.9 Å². The van der Waals surface area contributed by atoms with E-state index in [1.807, 2.05) is 7.05 Å². The number of fused-ring (bicyclic) bond motifs is 1. The molecule has 1 aliphatic rings. The lowest BCUT2D eigenvalue weighted by Crippen LogP contribution is -2.21. The number of benzene rings is 1. The molecular weight excluding hydrogens is 258 g/mol. The first-order chi connectivity index (χ1) is 10.3. The Bertz CT molecular complexity index is 587. The molecular formula is C19H25NO. The maximum absolute atomic E-state index is 5.95. The van der Waals surface area contributed by atoms with Gasteiger partial charge in [0.1, 0.15) is 11.5 Å². The van der Waals surface area contributed by atoms with Crippen LogP contribution < -0.4 is 5.32 Å². The summed E-state index contributed by atoms with van der Waals surface area (Å²) in [4.78, 5) is 0. The molecule has 2 nitrogen and oxygen atoms in total. The Morgan fingerprint density at radius 3 is 2.86 bits per heavy atom. The van der Waals surface area contributed by atoms with E-state index in [1.165, 1.54) is 24.8 Å². The van der Waals surface area contributed by atoms with Crippen molar-refractivity contribution in [2.45, 2.75) is 51.0 Å². The molecule has 0 saturated heterocycles. The Labute approximate surface area is 127 Å². The van der Waals surface area contributed by atoms with Crippen molar-refractivity contribution in [2.24, 2.45) is 0 Å². The summed E-state index contributed by atoms with van der Waals surface area (Å²) in [6.45, 7) is 2.13. The summed E-state index contributed by atoms with van der Waals surface area (Å²) in [5, 5.41) is 3.44. The molecule has 2 heteroatoms. The van der Waals surface area contributed by atoms with Crippen LogP contribution in [0.1, 0.15) is 60.8 Å². The van der Waals surface area contributed by atoms with Gasteiger partial charge in [-0.3, -0.25) is 0 Å². The molecule has 112 valence electrons. The van der Waals surface area contributed by atoms with Crippen molar-refractivity contribution < 1.29 is 4.42 Å². The van der Waals surface area contributed by atoms with Gasteiger partial charge in [-0.1, -0.05) is 31.2 Å². The van der Waals surface area contributed by atoms with E-state index in [1.54, 1.807) is 5.56 Å². The Hall–Kier alpha value is -1.54. The summed E-state index contributed by atoms with van der Waals surface area (Å²) >= 11 is 0. The third-order valence-electron chi connectivity index (χ3n) is 4.74. The van der Waals surface area contributed by atoms with Gasteiger partial charge in [0.05, 0.1) is 6.04 Å². The van der Waals surface area contributed by atoms with E-state index in [0.29, 0.717) is 12.0 Å². The van der Waals surface area contributed by atoms with Crippen LogP contribution in [0, 0.1) is 0 Å². The number of furan rings is 1. The van der Waals surface area contributed by atoms with E-state index in [4.69, 9.17) is 4.42 Å². The average Bonchev–Trinajstić information content (AvgIpc) is 3.01. The highest BCUT2D eigenvalue weighted by Gasteiger charge is 2.24. The molecule has 0 amide bonds. The normalized spacial score (nSPS) is 19.2. The molecule has 2 aromatic rings. The second-order valence-electron chi connectivity index (χ2n) is 6.02. The predicted molar refractivity (Wildman–Crippen MR) is 86.6 cm³/mol. The fourth-order valence-corrected chi connectivity index (χ4v) is 3.53. The van der Waals surface area contributed by atoms with E-state index < -0.39 is 0 Å². The maximum Gasteiger partial charge on any atom is 0.121 e. The number of hydrogen-bond donors (Lipinski definition) is 1. The lowest BCUT2D eigenvalue weighted by Gasteiger charge is -2.28. The van der Waals surface area contributed by atoms with Crippen molar-refractivity contribution in [1.29, 1.82) is 0 Å². The Balaban J connectivity index is 1.78. The summed E-state index contributed by atoms with van der Waals surface area (Å²) < 4.78 is 5.95. The molecule has 3 rings (SSSR count). The van der Waals surface area contributed by atoms with Gasteiger partial charge in [-0.15, -0.1) is 0 Å². The van der Waals surface area contributed by atoms with Crippen molar-refractivity contribution in [3.63, 3.8) is 0 Å². The van der Waals surface area contributed by atoms with E-state index in [0.717, 1.165) is 24.4 Å². The van der Waals surface area contributed by atoms with Crippen LogP contribution in [0.25, 0.3) is 0 Å². The SMILES string of the molecule is CCc1ccc(C(CC2CCCc3ccccc32)NC)o1. The zero-order chi connectivity index (χ0) is 14.7. The van der Waals surface area contributed by atoms with Crippen LogP contribution in [-0.4, -0.2) is 7.05 Å². The molecule has 0 aliphatic heterocycles. The molecule has 1 aliphatic carbocycles. The number of aryl methyl sites for hydroxylation is 2. The van der Waals surface area contributed by atoms with Crippen molar-refractivity contribution >= 4 is 0 Å². The van der Waals surface area contributed by atoms with Crippen LogP contribution in [0.5, 0.6) is 0 Å². The molecule has 0 spiro atoms. The van der Waals surface area contributed by atoms with Gasteiger partial charge < -0.3 is 9.73 Å². The first kappa shape index (κ1) is 14.4. The molecule has 0 bridgehead atoms. The highest BCUT2D eigenvalue weighted by Crippen LogP contribution is 2.37. The minimum absolute atomic E-state index is 0.307. The molecule has 21 heavy (non-hydrogen) atoms. The molecule has 2 atom stereocenters. The largest absolute Gasteiger partial charge is 0.464 e. The quantitative estimate of drug-likeness (QED) is 0.866. The van der Waals surface area contributed by atoms with Crippen LogP contribution in [-0.2, 0) is 12.8 Å². The second-order valence-corrected chi connectivity index (χ2v) is 6.02. The third-order valence-corrected chi connectivity index (χ3v) is 4.74. The Morgan fingerprint density at radius 1 is 1.24 bits per heavy atom. The van der Waals surface area contributed by atoms with E-state index in [9.17, 15) is 0 Å². The van der Waals surface area contributed by atoms with E-state index >= 15 is 0 Å². The fraction of sp³-hybridized carbons (Fsp3) is 0.474. The standard InChI is InChI=1S/C19H25NO/c1-3-16-11-12-19(21-16)18(20-2)13-15-9-6-8-14-7-4-5-10-17(14)15/h4-5,7,10-12,15,18,20H,3,6,8-9,13H2,1-2H3. The minimum atomic E-state index is 0.307. The zero-order valence-corrected chi connectivity index (χ0v) is 13.1. The summed E-state index contributed by atoms with van der Waals surface area (Å²) in [7, 11) is 2.04. The van der Waals surface area contributed by atoms with Gasteiger partial charge in [-0.25, -0.2) is 0 Å². The van der Waals surface area contributed by atoms with Crippen molar-refractivity contribution in [3.8, 4) is 0 Å². The van der Waals surface area contributed by atoms with Gasteiger partial charge in [0.2, 0.25) is 0 Å². The highest BCUT2D eigenvalue weighted by molar-refractivity contribution is 5.33. The van der Waals surface area contributed by atoms with Gasteiger partial charge in [-0.2, -0.15) is 0 Å². The highest BCUT2D eigenvalue weighted by atomic mass is 16.3. The molecule has 1 heterocycles. The van der Waals surface area contributed by atoms with Crippen molar-refractivity contribution in [1.82, 2.24) is 5.32 Å². The van der Waals surface area contributed by atoms with Crippen LogP contribution in [0.15, 0.2) is 40.8 Å². The number of hydrogen-bond acceptors (Lipinski definition) is 2. The molecule has 2 unspecified atom stereocenters. The first-order valence-corrected chi connectivity index (χ1v) is 8.15. The average molecular weight is 283 g/mol. The van der Waals surface area contributed by atoms with Gasteiger partial charge in [0.15, 0.2) is 0 Å². The molecule has 0 fully saturated rings. The van der Waals surface area contributed by atoms with E-state index in [2.05, 4.69) is 48.6 Å². The Morgan fingerprint density at radius 2 is 2.10 bits per heavy atom. The number of nitrogens with one attached hydrogen (secondary N) is 1. The predicted octanol–water partition coefficient (Wildman–Crippen LogP) is 4.61. The fourth-order valence-electron chi connectivity index (χ4n) is 3.53. The first-order valence-electron chi connectivity index (χ1n) is 8.15. The Kier molecular flexibility index (Phi) is 4.45. The minimum Gasteiger partial charge on any atom is -0.464 e. The van der Waals surface area contributed by atoms with Crippen LogP contribution in [0.2, 0.25) is 0 Å². The smallest absolute Gasteiger partial charge is 0.121 e. The molecule has 1 N–H and O–H groups in total. The lowest BCUT2D eigenvalue weighted by molar-refractivity contribution is 0.364. The van der Waals surface area contributed by atoms with Gasteiger partial charge in [0.25, 0.3) is 0 Å². The monoisotopic (exact) mass is 283 g/mol. The van der Waals surface area contributed by atoms with Crippen LogP contribution in [0.3, 0.4) is 0 Å². The van der Waals surface area contributed by atoms with Crippen molar-refractivity contribution in [2.75, 3.05) is 7.05 Å². The van der Waals surface area contributed by atoms with Gasteiger partial charge >= 0.3 is 0 Å². The summed E-state index contributed by atoms with van der Waals surface area (Å²) in [5.41, 5.74) is 3.09. The summed E-state index contributed by atoms with van der Waals surface area (Å²) in [5.74, 6) is 2.80. The molecule has 1 aromatic carbocycles. The molecule has 1 aromatic heterocycles. The maximum atomic E-state index is 5.95. The summed E-state index contributed by atoms with van der Waals surface area (Å²) in [6.07, 6.45) is 5.90. The molecule has 0 saturated carbocycles. The third kappa shape index (κ3) is 3.06. The summed E-state index contributed by atoms with van der Waals surface area (Å²) in [6, 6.07) is 13.5. The molecule has 0 radical (unpaired) electrons. The van der Waals surface area contributed by atoms with Gasteiger partial charge in [0, 0.05) is 6.42 Å². The van der Waals surface area contributed by atoms with Crippen LogP contribution in [0.4, 0.5) is 0 Å².